The van der Waals surface area contributed by atoms with Gasteiger partial charge >= 0.3 is 6.03 Å². The summed E-state index contributed by atoms with van der Waals surface area (Å²) in [5.74, 6) is 0.828. The van der Waals surface area contributed by atoms with Crippen molar-refractivity contribution in [1.29, 1.82) is 0 Å². The number of ether oxygens (including phenoxy) is 2. The lowest BCUT2D eigenvalue weighted by Gasteiger charge is -2.43. The number of nitrogens with one attached hydrogen (secondary N) is 2. The molecule has 0 spiro atoms. The Morgan fingerprint density at radius 2 is 1.73 bits per heavy atom. The fourth-order valence-electron chi connectivity index (χ4n) is 6.51. The van der Waals surface area contributed by atoms with Crippen molar-refractivity contribution in [3.05, 3.63) is 77.1 Å². The summed E-state index contributed by atoms with van der Waals surface area (Å²) < 4.78 is 42.3. The molecule has 1 heterocycles. The van der Waals surface area contributed by atoms with Crippen LogP contribution in [0, 0.1) is 0 Å². The second-order valence-corrected chi connectivity index (χ2v) is 16.8. The van der Waals surface area contributed by atoms with E-state index in [-0.39, 0.29) is 36.7 Å². The molecule has 4 atom stereocenters. The number of aliphatic hydroxyl groups excluding tert-OH is 5. The van der Waals surface area contributed by atoms with Gasteiger partial charge in [-0.25, -0.2) is 13.2 Å². The van der Waals surface area contributed by atoms with Crippen molar-refractivity contribution in [2.45, 2.75) is 112 Å². The zero-order chi connectivity index (χ0) is 39.8. The molecule has 14 nitrogen and oxygen atoms in total. The Morgan fingerprint density at radius 1 is 1.00 bits per heavy atom. The molecule has 7 N–H and O–H groups in total. The number of amides is 2. The SMILES string of the molecule is CC(C)N(CCCCNC(=O)NC[C@H](O)[C@@H](O)[C@H](O)[C@H](O)CO)S(=O)(=O)c1ccc(Cl)c(COC2(c3cnccc3-c3ccccc3OC3CC3)CCC2)c1. The standard InChI is InChI=1S/C39H53ClN4O10S/c1-25(2)44(19-6-5-17-42-38(50)43-22-33(46)36(48)37(49)34(47)23-45)55(51,52)28-12-13-32(40)26(20-28)24-53-39(15-7-16-39)31-21-41-18-14-29(31)30-8-3-4-9-35(30)54-27-10-11-27/h3-4,8-9,12-14,18,20-21,25,27,33-34,36-37,45-49H,5-7,10-11,15-17,19,22-24H2,1-2H3,(H2,42,43,50)/t33-,34+,36+,37+/m0/s1. The zero-order valence-corrected chi connectivity index (χ0v) is 32.8. The topological polar surface area (TPSA) is 211 Å². The summed E-state index contributed by atoms with van der Waals surface area (Å²) in [6.45, 7) is 2.82. The average Bonchev–Trinajstić information content (AvgIpc) is 3.98. The van der Waals surface area contributed by atoms with E-state index >= 15 is 0 Å². The number of carbonyl (C=O) groups excluding carboxylic acids is 1. The molecule has 0 aliphatic heterocycles. The minimum Gasteiger partial charge on any atom is -0.490 e. The van der Waals surface area contributed by atoms with Crippen molar-refractivity contribution in [2.75, 3.05) is 26.2 Å². The van der Waals surface area contributed by atoms with Gasteiger partial charge in [0.05, 0.1) is 35.9 Å². The number of halogens is 1. The van der Waals surface area contributed by atoms with E-state index in [1.54, 1.807) is 32.2 Å². The summed E-state index contributed by atoms with van der Waals surface area (Å²) in [4.78, 5) is 16.7. The summed E-state index contributed by atoms with van der Waals surface area (Å²) in [7, 11) is -3.94. The van der Waals surface area contributed by atoms with Gasteiger partial charge < -0.3 is 45.6 Å². The maximum atomic E-state index is 14.0. The molecule has 55 heavy (non-hydrogen) atoms. The van der Waals surface area contributed by atoms with Gasteiger partial charge in [0.15, 0.2) is 0 Å². The first-order valence-electron chi connectivity index (χ1n) is 18.8. The number of carbonyl (C=O) groups is 1. The monoisotopic (exact) mass is 804 g/mol. The second-order valence-electron chi connectivity index (χ2n) is 14.5. The van der Waals surface area contributed by atoms with Crippen molar-refractivity contribution in [1.82, 2.24) is 19.9 Å². The molecule has 2 amide bonds. The molecule has 302 valence electrons. The Kier molecular flexibility index (Phi) is 14.9. The molecular formula is C39H53ClN4O10S. The largest absolute Gasteiger partial charge is 0.490 e. The van der Waals surface area contributed by atoms with Crippen molar-refractivity contribution < 1.29 is 48.2 Å². The van der Waals surface area contributed by atoms with Crippen LogP contribution in [-0.4, -0.2) is 112 Å². The highest BCUT2D eigenvalue weighted by Crippen LogP contribution is 2.50. The van der Waals surface area contributed by atoms with Crippen LogP contribution in [0.3, 0.4) is 0 Å². The molecule has 3 aromatic rings. The smallest absolute Gasteiger partial charge is 0.314 e. The van der Waals surface area contributed by atoms with Crippen molar-refractivity contribution in [3.63, 3.8) is 0 Å². The van der Waals surface area contributed by atoms with Crippen LogP contribution in [-0.2, 0) is 27.0 Å². The highest BCUT2D eigenvalue weighted by molar-refractivity contribution is 7.89. The van der Waals surface area contributed by atoms with Gasteiger partial charge in [-0.3, -0.25) is 4.98 Å². The highest BCUT2D eigenvalue weighted by Gasteiger charge is 2.42. The average molecular weight is 805 g/mol. The van der Waals surface area contributed by atoms with Crippen LogP contribution in [0.5, 0.6) is 5.75 Å². The van der Waals surface area contributed by atoms with Crippen LogP contribution < -0.4 is 15.4 Å². The van der Waals surface area contributed by atoms with Crippen molar-refractivity contribution >= 4 is 27.7 Å². The molecule has 2 aliphatic rings. The molecule has 2 saturated carbocycles. The molecule has 1 aromatic heterocycles. The third-order valence-corrected chi connectivity index (χ3v) is 12.5. The first kappa shape index (κ1) is 42.8. The zero-order valence-electron chi connectivity index (χ0n) is 31.2. The van der Waals surface area contributed by atoms with Gasteiger partial charge in [0, 0.05) is 54.2 Å². The Bertz CT molecular complexity index is 1840. The summed E-state index contributed by atoms with van der Waals surface area (Å²) in [5, 5.41) is 53.3. The predicted octanol–water partition coefficient (Wildman–Crippen LogP) is 3.45. The van der Waals surface area contributed by atoms with E-state index in [2.05, 4.69) is 15.6 Å². The first-order chi connectivity index (χ1) is 26.3. The summed E-state index contributed by atoms with van der Waals surface area (Å²) in [5.41, 5.74) is 2.84. The third-order valence-electron chi connectivity index (χ3n) is 10.1. The maximum absolute atomic E-state index is 14.0. The second kappa shape index (κ2) is 19.2. The van der Waals surface area contributed by atoms with E-state index in [9.17, 15) is 33.6 Å². The number of sulfonamides is 1. The minimum atomic E-state index is -3.94. The van der Waals surface area contributed by atoms with Crippen LogP contribution in [0.25, 0.3) is 11.1 Å². The minimum absolute atomic E-state index is 0.0906. The van der Waals surface area contributed by atoms with Crippen LogP contribution in [0.4, 0.5) is 4.79 Å². The van der Waals surface area contributed by atoms with E-state index in [4.69, 9.17) is 26.2 Å². The molecule has 2 aliphatic carbocycles. The number of urea groups is 1. The number of benzene rings is 2. The summed E-state index contributed by atoms with van der Waals surface area (Å²) in [6, 6.07) is 13.6. The molecular weight excluding hydrogens is 752 g/mol. The number of aliphatic hydroxyl groups is 5. The molecule has 2 aromatic carbocycles. The third kappa shape index (κ3) is 10.7. The maximum Gasteiger partial charge on any atom is 0.314 e. The molecule has 5 rings (SSSR count). The molecule has 0 radical (unpaired) electrons. The van der Waals surface area contributed by atoms with Crippen LogP contribution in [0.15, 0.2) is 65.8 Å². The van der Waals surface area contributed by atoms with Gasteiger partial charge in [-0.1, -0.05) is 29.8 Å². The van der Waals surface area contributed by atoms with Crippen molar-refractivity contribution in [3.8, 4) is 16.9 Å². The van der Waals surface area contributed by atoms with Crippen LogP contribution in [0.1, 0.15) is 69.9 Å². The number of pyridine rings is 1. The number of aromatic nitrogens is 1. The van der Waals surface area contributed by atoms with E-state index in [1.165, 1.54) is 10.4 Å². The Balaban J connectivity index is 1.18. The molecule has 0 saturated heterocycles. The number of hydrogen-bond acceptors (Lipinski definition) is 11. The fraction of sp³-hybridized carbons (Fsp3) is 0.538. The number of para-hydroxylation sites is 1. The van der Waals surface area contributed by atoms with Gasteiger partial charge in [0.1, 0.15) is 24.1 Å². The Labute approximate surface area is 327 Å². The summed E-state index contributed by atoms with van der Waals surface area (Å²) in [6.07, 6.45) is 2.49. The lowest BCUT2D eigenvalue weighted by atomic mass is 9.73. The van der Waals surface area contributed by atoms with E-state index < -0.39 is 59.2 Å². The number of hydrogen-bond donors (Lipinski definition) is 7. The summed E-state index contributed by atoms with van der Waals surface area (Å²) >= 11 is 6.64. The van der Waals surface area contributed by atoms with Gasteiger partial charge in [-0.05, 0) is 100 Å². The van der Waals surface area contributed by atoms with Crippen LogP contribution >= 0.6 is 11.6 Å². The Hall–Kier alpha value is -3.38. The quantitative estimate of drug-likeness (QED) is 0.0776. The number of rotatable bonds is 21. The van der Waals surface area contributed by atoms with Gasteiger partial charge in [-0.2, -0.15) is 4.31 Å². The lowest BCUT2D eigenvalue weighted by molar-refractivity contribution is -0.116. The first-order valence-corrected chi connectivity index (χ1v) is 20.6. The molecule has 0 unspecified atom stereocenters. The van der Waals surface area contributed by atoms with Gasteiger partial charge in [-0.15, -0.1) is 0 Å². The molecule has 0 bridgehead atoms. The fourth-order valence-corrected chi connectivity index (χ4v) is 8.41. The van der Waals surface area contributed by atoms with Gasteiger partial charge in [0.2, 0.25) is 10.0 Å². The van der Waals surface area contributed by atoms with E-state index in [1.807, 2.05) is 36.5 Å². The Morgan fingerprint density at radius 3 is 2.40 bits per heavy atom. The number of unbranched alkanes of at least 4 members (excludes halogenated alkanes) is 1. The molecule has 16 heteroatoms. The van der Waals surface area contributed by atoms with E-state index in [0.717, 1.165) is 54.5 Å². The van der Waals surface area contributed by atoms with Crippen molar-refractivity contribution in [2.24, 2.45) is 0 Å². The highest BCUT2D eigenvalue weighted by atomic mass is 35.5. The van der Waals surface area contributed by atoms with Gasteiger partial charge in [0.25, 0.3) is 0 Å². The molecule has 2 fully saturated rings. The van der Waals surface area contributed by atoms with Crippen LogP contribution in [0.2, 0.25) is 5.02 Å². The van der Waals surface area contributed by atoms with E-state index in [0.29, 0.717) is 23.4 Å². The normalized spacial score (nSPS) is 17.6. The number of nitrogens with zero attached hydrogens (tertiary/aromatic N) is 2. The lowest BCUT2D eigenvalue weighted by Crippen LogP contribution is -2.50. The predicted molar refractivity (Wildman–Crippen MR) is 206 cm³/mol.